The molecule has 1 aromatic rings. The molecule has 3 nitrogen and oxygen atoms in total. The van der Waals surface area contributed by atoms with Crippen LogP contribution in [0.25, 0.3) is 0 Å². The van der Waals surface area contributed by atoms with Crippen LogP contribution >= 0.6 is 0 Å². The average molecular weight is 219 g/mol. The zero-order chi connectivity index (χ0) is 11.7. The van der Waals surface area contributed by atoms with E-state index in [9.17, 15) is 0 Å². The molecule has 1 aromatic heterocycles. The first-order valence-electron chi connectivity index (χ1n) is 6.03. The molecule has 0 radical (unpaired) electrons. The minimum absolute atomic E-state index is 0.575. The maximum atomic E-state index is 5.64. The lowest BCUT2D eigenvalue weighted by Crippen LogP contribution is -2.21. The predicted octanol–water partition coefficient (Wildman–Crippen LogP) is 1.94. The molecule has 2 atom stereocenters. The summed E-state index contributed by atoms with van der Waals surface area (Å²) in [4.78, 5) is 7.02. The highest BCUT2D eigenvalue weighted by molar-refractivity contribution is 5.43. The zero-order valence-electron chi connectivity index (χ0n) is 10.4. The Hall–Kier alpha value is -1.09. The Morgan fingerprint density at radius 3 is 2.44 bits per heavy atom. The third kappa shape index (κ3) is 2.05. The quantitative estimate of drug-likeness (QED) is 0.826. The van der Waals surface area contributed by atoms with Gasteiger partial charge in [0.25, 0.3) is 0 Å². The van der Waals surface area contributed by atoms with Crippen LogP contribution in [-0.2, 0) is 6.54 Å². The lowest BCUT2D eigenvalue weighted by molar-refractivity contribution is 0.494. The molecule has 3 heteroatoms. The molecule has 0 amide bonds. The van der Waals surface area contributed by atoms with Gasteiger partial charge >= 0.3 is 0 Å². The summed E-state index contributed by atoms with van der Waals surface area (Å²) in [5.74, 6) is 2.62. The van der Waals surface area contributed by atoms with Gasteiger partial charge in [-0.3, -0.25) is 0 Å². The summed E-state index contributed by atoms with van der Waals surface area (Å²) < 4.78 is 0. The number of nitrogens with zero attached hydrogens (tertiary/aromatic N) is 2. The van der Waals surface area contributed by atoms with Crippen molar-refractivity contribution >= 4 is 5.82 Å². The molecule has 0 aliphatic carbocycles. The number of aryl methyl sites for hydroxylation is 1. The van der Waals surface area contributed by atoms with Gasteiger partial charge in [0.2, 0.25) is 0 Å². The fourth-order valence-electron chi connectivity index (χ4n) is 2.29. The monoisotopic (exact) mass is 219 g/mol. The van der Waals surface area contributed by atoms with Crippen LogP contribution in [0, 0.1) is 18.8 Å². The molecular formula is C13H21N3. The van der Waals surface area contributed by atoms with Crippen LogP contribution in [0.2, 0.25) is 0 Å². The number of anilines is 1. The average Bonchev–Trinajstić information content (AvgIpc) is 2.59. The third-order valence-corrected chi connectivity index (χ3v) is 3.71. The van der Waals surface area contributed by atoms with E-state index < -0.39 is 0 Å². The number of nitrogens with two attached hydrogens (primary N) is 1. The smallest absolute Gasteiger partial charge is 0.128 e. The van der Waals surface area contributed by atoms with E-state index in [-0.39, 0.29) is 0 Å². The topological polar surface area (TPSA) is 42.2 Å². The van der Waals surface area contributed by atoms with E-state index in [1.54, 1.807) is 0 Å². The second-order valence-electron chi connectivity index (χ2n) is 4.98. The van der Waals surface area contributed by atoms with Crippen LogP contribution in [-0.4, -0.2) is 18.1 Å². The first-order valence-corrected chi connectivity index (χ1v) is 6.03. The molecule has 1 aliphatic heterocycles. The van der Waals surface area contributed by atoms with Crippen molar-refractivity contribution in [3.05, 3.63) is 23.4 Å². The van der Waals surface area contributed by atoms with Crippen LogP contribution in [0.4, 0.5) is 5.82 Å². The highest BCUT2D eigenvalue weighted by Gasteiger charge is 2.26. The molecule has 2 heterocycles. The van der Waals surface area contributed by atoms with Crippen molar-refractivity contribution in [1.29, 1.82) is 0 Å². The van der Waals surface area contributed by atoms with E-state index in [1.807, 2.05) is 6.92 Å². The largest absolute Gasteiger partial charge is 0.356 e. The van der Waals surface area contributed by atoms with Gasteiger partial charge in [0, 0.05) is 25.3 Å². The van der Waals surface area contributed by atoms with Crippen molar-refractivity contribution in [1.82, 2.24) is 4.98 Å². The molecule has 0 saturated carbocycles. The molecule has 1 saturated heterocycles. The van der Waals surface area contributed by atoms with Crippen LogP contribution in [0.1, 0.15) is 25.1 Å². The Kier molecular flexibility index (Phi) is 3.15. The lowest BCUT2D eigenvalue weighted by atomic mass is 10.0. The van der Waals surface area contributed by atoms with E-state index in [0.29, 0.717) is 6.54 Å². The summed E-state index contributed by atoms with van der Waals surface area (Å²) in [6.07, 6.45) is 0. The summed E-state index contributed by atoms with van der Waals surface area (Å²) in [6, 6.07) is 4.20. The Balaban J connectivity index is 2.19. The van der Waals surface area contributed by atoms with Crippen molar-refractivity contribution in [2.75, 3.05) is 18.0 Å². The number of rotatable bonds is 2. The Morgan fingerprint density at radius 2 is 1.94 bits per heavy atom. The van der Waals surface area contributed by atoms with E-state index in [2.05, 4.69) is 35.9 Å². The minimum atomic E-state index is 0.575. The Labute approximate surface area is 97.7 Å². The number of hydrogen-bond donors (Lipinski definition) is 1. The van der Waals surface area contributed by atoms with Crippen LogP contribution in [0.15, 0.2) is 12.1 Å². The number of aromatic nitrogens is 1. The molecule has 2 rings (SSSR count). The number of pyridine rings is 1. The van der Waals surface area contributed by atoms with E-state index >= 15 is 0 Å². The molecule has 2 N–H and O–H groups in total. The summed E-state index contributed by atoms with van der Waals surface area (Å²) >= 11 is 0. The van der Waals surface area contributed by atoms with Gasteiger partial charge in [0.15, 0.2) is 0 Å². The van der Waals surface area contributed by atoms with Gasteiger partial charge in [-0.05, 0) is 30.4 Å². The predicted molar refractivity (Wildman–Crippen MR) is 67.4 cm³/mol. The fraction of sp³-hybridized carbons (Fsp3) is 0.615. The fourth-order valence-corrected chi connectivity index (χ4v) is 2.29. The summed E-state index contributed by atoms with van der Waals surface area (Å²) in [6.45, 7) is 9.48. The first-order chi connectivity index (χ1) is 7.61. The molecule has 88 valence electrons. The van der Waals surface area contributed by atoms with E-state index in [4.69, 9.17) is 5.73 Å². The van der Waals surface area contributed by atoms with Crippen LogP contribution in [0.3, 0.4) is 0 Å². The van der Waals surface area contributed by atoms with E-state index in [1.165, 1.54) is 0 Å². The molecule has 2 unspecified atom stereocenters. The molecule has 1 aliphatic rings. The highest BCUT2D eigenvalue weighted by atomic mass is 15.2. The van der Waals surface area contributed by atoms with Crippen molar-refractivity contribution in [3.8, 4) is 0 Å². The lowest BCUT2D eigenvalue weighted by Gasteiger charge is -2.18. The minimum Gasteiger partial charge on any atom is -0.356 e. The van der Waals surface area contributed by atoms with Gasteiger partial charge in [-0.2, -0.15) is 0 Å². The van der Waals surface area contributed by atoms with Crippen molar-refractivity contribution in [2.45, 2.75) is 27.3 Å². The van der Waals surface area contributed by atoms with E-state index in [0.717, 1.165) is 42.0 Å². The molecule has 0 spiro atoms. The van der Waals surface area contributed by atoms with Crippen molar-refractivity contribution in [3.63, 3.8) is 0 Å². The maximum absolute atomic E-state index is 5.64. The maximum Gasteiger partial charge on any atom is 0.128 e. The Bertz CT molecular complexity index is 365. The van der Waals surface area contributed by atoms with Crippen LogP contribution in [0.5, 0.6) is 0 Å². The SMILES string of the molecule is Cc1nc(N2CC(C)C(C)C2)ccc1CN. The van der Waals surface area contributed by atoms with Gasteiger partial charge in [0.05, 0.1) is 0 Å². The summed E-state index contributed by atoms with van der Waals surface area (Å²) in [5, 5.41) is 0. The third-order valence-electron chi connectivity index (χ3n) is 3.71. The second-order valence-corrected chi connectivity index (χ2v) is 4.98. The van der Waals surface area contributed by atoms with Gasteiger partial charge in [-0.25, -0.2) is 4.98 Å². The highest BCUT2D eigenvalue weighted by Crippen LogP contribution is 2.26. The summed E-state index contributed by atoms with van der Waals surface area (Å²) in [7, 11) is 0. The van der Waals surface area contributed by atoms with Crippen molar-refractivity contribution < 1.29 is 0 Å². The van der Waals surface area contributed by atoms with Crippen LogP contribution < -0.4 is 10.6 Å². The molecule has 16 heavy (non-hydrogen) atoms. The molecule has 0 aromatic carbocycles. The molecule has 0 bridgehead atoms. The molecule has 1 fully saturated rings. The standard InChI is InChI=1S/C13H21N3/c1-9-7-16(8-10(9)2)13-5-4-12(6-14)11(3)15-13/h4-5,9-10H,6-8,14H2,1-3H3. The van der Waals surface area contributed by atoms with Gasteiger partial charge < -0.3 is 10.6 Å². The Morgan fingerprint density at radius 1 is 1.31 bits per heavy atom. The van der Waals surface area contributed by atoms with Crippen molar-refractivity contribution in [2.24, 2.45) is 17.6 Å². The first kappa shape index (κ1) is 11.4. The van der Waals surface area contributed by atoms with Gasteiger partial charge in [0.1, 0.15) is 5.82 Å². The molecular weight excluding hydrogens is 198 g/mol. The number of hydrogen-bond acceptors (Lipinski definition) is 3. The zero-order valence-corrected chi connectivity index (χ0v) is 10.4. The van der Waals surface area contributed by atoms with Gasteiger partial charge in [-0.1, -0.05) is 19.9 Å². The second kappa shape index (κ2) is 4.42. The van der Waals surface area contributed by atoms with Gasteiger partial charge in [-0.15, -0.1) is 0 Å². The normalized spacial score (nSPS) is 25.1. The summed E-state index contributed by atoms with van der Waals surface area (Å²) in [5.41, 5.74) is 7.85.